The van der Waals surface area contributed by atoms with Gasteiger partial charge in [-0.1, -0.05) is 18.2 Å². The van der Waals surface area contributed by atoms with Crippen LogP contribution in [0.4, 0.5) is 5.82 Å². The quantitative estimate of drug-likeness (QED) is 0.721. The van der Waals surface area contributed by atoms with Gasteiger partial charge in [0.2, 0.25) is 5.91 Å². The number of hydrogen-bond donors (Lipinski definition) is 0. The van der Waals surface area contributed by atoms with Gasteiger partial charge in [-0.3, -0.25) is 9.48 Å². The lowest BCUT2D eigenvalue weighted by Crippen LogP contribution is -2.37. The van der Waals surface area contributed by atoms with Gasteiger partial charge < -0.3 is 9.80 Å². The SMILES string of the molecule is Cc1ccc(N2CCCN(C(=O)Cn3cc4ccccc4n3)CC2)nn1. The molecule has 0 unspecified atom stereocenters. The van der Waals surface area contributed by atoms with Crippen molar-refractivity contribution in [1.82, 2.24) is 24.9 Å². The molecule has 1 aliphatic rings. The van der Waals surface area contributed by atoms with Crippen LogP contribution in [-0.2, 0) is 11.3 Å². The Balaban J connectivity index is 1.40. The summed E-state index contributed by atoms with van der Waals surface area (Å²) in [6.45, 7) is 5.31. The summed E-state index contributed by atoms with van der Waals surface area (Å²) in [6, 6.07) is 11.9. The van der Waals surface area contributed by atoms with Gasteiger partial charge in [0.15, 0.2) is 5.82 Å². The van der Waals surface area contributed by atoms with E-state index in [-0.39, 0.29) is 12.5 Å². The summed E-state index contributed by atoms with van der Waals surface area (Å²) in [7, 11) is 0. The summed E-state index contributed by atoms with van der Waals surface area (Å²) < 4.78 is 1.74. The van der Waals surface area contributed by atoms with Gasteiger partial charge in [0.25, 0.3) is 0 Å². The summed E-state index contributed by atoms with van der Waals surface area (Å²) in [5.41, 5.74) is 1.83. The predicted molar refractivity (Wildman–Crippen MR) is 99.9 cm³/mol. The number of anilines is 1. The van der Waals surface area contributed by atoms with Gasteiger partial charge in [-0.15, -0.1) is 5.10 Å². The monoisotopic (exact) mass is 350 g/mol. The molecule has 7 nitrogen and oxygen atoms in total. The van der Waals surface area contributed by atoms with Gasteiger partial charge >= 0.3 is 0 Å². The molecule has 0 saturated carbocycles. The Morgan fingerprint density at radius 1 is 1.04 bits per heavy atom. The zero-order valence-electron chi connectivity index (χ0n) is 14.9. The summed E-state index contributed by atoms with van der Waals surface area (Å²) in [5, 5.41) is 13.9. The maximum absolute atomic E-state index is 12.7. The summed E-state index contributed by atoms with van der Waals surface area (Å²) >= 11 is 0. The van der Waals surface area contributed by atoms with Gasteiger partial charge in [-0.2, -0.15) is 10.2 Å². The van der Waals surface area contributed by atoms with Gasteiger partial charge in [0.1, 0.15) is 6.54 Å². The molecule has 0 atom stereocenters. The van der Waals surface area contributed by atoms with E-state index < -0.39 is 0 Å². The fraction of sp³-hybridized carbons (Fsp3) is 0.368. The zero-order chi connectivity index (χ0) is 17.9. The standard InChI is InChI=1S/C19H22N6O/c1-15-7-8-18(21-20-15)23-9-4-10-24(12-11-23)19(26)14-25-13-16-5-2-3-6-17(16)22-25/h2-3,5-8,13H,4,9-12,14H2,1H3. The lowest BCUT2D eigenvalue weighted by Gasteiger charge is -2.22. The van der Waals surface area contributed by atoms with Gasteiger partial charge in [0.05, 0.1) is 11.2 Å². The van der Waals surface area contributed by atoms with E-state index >= 15 is 0 Å². The molecule has 134 valence electrons. The van der Waals surface area contributed by atoms with E-state index in [0.29, 0.717) is 6.54 Å². The number of nitrogens with zero attached hydrogens (tertiary/aromatic N) is 6. The molecule has 3 aromatic rings. The van der Waals surface area contributed by atoms with Crippen LogP contribution < -0.4 is 4.90 Å². The molecular weight excluding hydrogens is 328 g/mol. The molecule has 26 heavy (non-hydrogen) atoms. The number of amides is 1. The molecule has 2 aromatic heterocycles. The molecular formula is C19H22N6O. The first-order valence-electron chi connectivity index (χ1n) is 8.94. The third kappa shape index (κ3) is 3.51. The fourth-order valence-corrected chi connectivity index (χ4v) is 3.29. The molecule has 0 bridgehead atoms. The number of aromatic nitrogens is 4. The van der Waals surface area contributed by atoms with Crippen LogP contribution in [0.5, 0.6) is 0 Å². The molecule has 1 fully saturated rings. The summed E-state index contributed by atoms with van der Waals surface area (Å²) in [6.07, 6.45) is 2.85. The highest BCUT2D eigenvalue weighted by atomic mass is 16.2. The first kappa shape index (κ1) is 16.5. The van der Waals surface area contributed by atoms with Gasteiger partial charge in [-0.25, -0.2) is 0 Å². The minimum atomic E-state index is 0.106. The normalized spacial score (nSPS) is 15.3. The highest BCUT2D eigenvalue weighted by Crippen LogP contribution is 2.14. The molecule has 0 N–H and O–H groups in total. The van der Waals surface area contributed by atoms with Crippen LogP contribution in [0.1, 0.15) is 12.1 Å². The van der Waals surface area contributed by atoms with E-state index in [1.807, 2.05) is 54.4 Å². The third-order valence-electron chi connectivity index (χ3n) is 4.71. The first-order valence-corrected chi connectivity index (χ1v) is 8.94. The van der Waals surface area contributed by atoms with Crippen LogP contribution in [0, 0.1) is 6.92 Å². The Morgan fingerprint density at radius 3 is 2.73 bits per heavy atom. The van der Waals surface area contributed by atoms with E-state index in [1.54, 1.807) is 4.68 Å². The average molecular weight is 350 g/mol. The Hall–Kier alpha value is -2.96. The van der Waals surface area contributed by atoms with Crippen molar-refractivity contribution in [3.8, 4) is 0 Å². The lowest BCUT2D eigenvalue weighted by molar-refractivity contribution is -0.131. The molecule has 0 radical (unpaired) electrons. The number of rotatable bonds is 3. The van der Waals surface area contributed by atoms with Gasteiger partial charge in [0, 0.05) is 37.8 Å². The first-order chi connectivity index (χ1) is 12.7. The molecule has 1 saturated heterocycles. The van der Waals surface area contributed by atoms with Crippen LogP contribution in [0.3, 0.4) is 0 Å². The van der Waals surface area contributed by atoms with E-state index in [2.05, 4.69) is 20.2 Å². The van der Waals surface area contributed by atoms with Crippen LogP contribution >= 0.6 is 0 Å². The third-order valence-corrected chi connectivity index (χ3v) is 4.71. The molecule has 1 aliphatic heterocycles. The second-order valence-corrected chi connectivity index (χ2v) is 6.64. The van der Waals surface area contributed by atoms with E-state index in [9.17, 15) is 4.79 Å². The Morgan fingerprint density at radius 2 is 1.92 bits per heavy atom. The topological polar surface area (TPSA) is 67.2 Å². The summed E-state index contributed by atoms with van der Waals surface area (Å²) in [4.78, 5) is 16.8. The molecule has 0 spiro atoms. The maximum atomic E-state index is 12.7. The summed E-state index contributed by atoms with van der Waals surface area (Å²) in [5.74, 6) is 0.984. The van der Waals surface area contributed by atoms with Crippen molar-refractivity contribution >= 4 is 22.6 Å². The van der Waals surface area contributed by atoms with E-state index in [1.165, 1.54) is 0 Å². The fourth-order valence-electron chi connectivity index (χ4n) is 3.29. The Labute approximate surface area is 152 Å². The molecule has 1 amide bonds. The van der Waals surface area contributed by atoms with Crippen molar-refractivity contribution in [2.24, 2.45) is 0 Å². The van der Waals surface area contributed by atoms with Crippen molar-refractivity contribution in [2.45, 2.75) is 19.9 Å². The average Bonchev–Trinajstić information content (AvgIpc) is 2.88. The zero-order valence-corrected chi connectivity index (χ0v) is 14.9. The number of carbonyl (C=O) groups excluding carboxylic acids is 1. The van der Waals surface area contributed by atoms with Crippen LogP contribution in [0.15, 0.2) is 42.6 Å². The predicted octanol–water partition coefficient (Wildman–Crippen LogP) is 1.87. The molecule has 0 aliphatic carbocycles. The highest BCUT2D eigenvalue weighted by molar-refractivity contribution is 5.80. The smallest absolute Gasteiger partial charge is 0.244 e. The van der Waals surface area contributed by atoms with Crippen LogP contribution in [0.2, 0.25) is 0 Å². The minimum Gasteiger partial charge on any atom is -0.353 e. The number of carbonyl (C=O) groups is 1. The van der Waals surface area contributed by atoms with Crippen LogP contribution in [0.25, 0.3) is 10.9 Å². The second-order valence-electron chi connectivity index (χ2n) is 6.64. The largest absolute Gasteiger partial charge is 0.353 e. The Bertz CT molecular complexity index is 871. The van der Waals surface area contributed by atoms with Crippen molar-refractivity contribution in [3.05, 3.63) is 48.3 Å². The number of benzene rings is 1. The van der Waals surface area contributed by atoms with Crippen molar-refractivity contribution < 1.29 is 4.79 Å². The van der Waals surface area contributed by atoms with Gasteiger partial charge in [-0.05, 0) is 31.5 Å². The maximum Gasteiger partial charge on any atom is 0.244 e. The molecule has 4 rings (SSSR count). The second kappa shape index (κ2) is 7.11. The van der Waals surface area contributed by atoms with Crippen molar-refractivity contribution in [1.29, 1.82) is 0 Å². The van der Waals surface area contributed by atoms with Crippen molar-refractivity contribution in [3.63, 3.8) is 0 Å². The van der Waals surface area contributed by atoms with E-state index in [4.69, 9.17) is 0 Å². The number of hydrogen-bond acceptors (Lipinski definition) is 5. The Kier molecular flexibility index (Phi) is 4.51. The molecule has 7 heteroatoms. The molecule has 3 heterocycles. The van der Waals surface area contributed by atoms with Crippen LogP contribution in [-0.4, -0.2) is 57.0 Å². The van der Waals surface area contributed by atoms with E-state index in [0.717, 1.165) is 48.5 Å². The molecule has 1 aromatic carbocycles. The lowest BCUT2D eigenvalue weighted by atomic mass is 10.3. The van der Waals surface area contributed by atoms with Crippen molar-refractivity contribution in [2.75, 3.05) is 31.1 Å². The number of aryl methyl sites for hydroxylation is 1. The number of fused-ring (bicyclic) bond motifs is 1. The highest BCUT2D eigenvalue weighted by Gasteiger charge is 2.20. The minimum absolute atomic E-state index is 0.106.